The summed E-state index contributed by atoms with van der Waals surface area (Å²) in [5.74, 6) is 0. The molecule has 1 heterocycles. The molecule has 1 aromatic heterocycles. The number of likely N-dealkylation sites (N-methyl/N-ethyl adjacent to an activating group) is 1. The third-order valence-corrected chi connectivity index (χ3v) is 3.39. The molecule has 1 atom stereocenters. The predicted octanol–water partition coefficient (Wildman–Crippen LogP) is 2.92. The van der Waals surface area contributed by atoms with Gasteiger partial charge in [0.15, 0.2) is 0 Å². The fourth-order valence-corrected chi connectivity index (χ4v) is 2.43. The minimum absolute atomic E-state index is 0.118. The average Bonchev–Trinajstić information content (AvgIpc) is 2.46. The molecule has 0 fully saturated rings. The number of nitrogens with two attached hydrogens (primary N) is 1. The van der Waals surface area contributed by atoms with Crippen LogP contribution in [0.2, 0.25) is 0 Å². The molecule has 0 amide bonds. The number of pyridine rings is 1. The minimum atomic E-state index is 0.118. The molecule has 3 heteroatoms. The molecule has 2 rings (SSSR count). The molecule has 0 aliphatic heterocycles. The molecule has 1 unspecified atom stereocenters. The molecule has 0 radical (unpaired) electrons. The van der Waals surface area contributed by atoms with Crippen LogP contribution in [0.3, 0.4) is 0 Å². The topological polar surface area (TPSA) is 42.1 Å². The Morgan fingerprint density at radius 1 is 1.16 bits per heavy atom. The molecule has 2 aromatic rings. The van der Waals surface area contributed by atoms with Crippen LogP contribution in [0.4, 0.5) is 5.69 Å². The maximum Gasteiger partial charge on any atom is 0.0835 e. The van der Waals surface area contributed by atoms with Crippen molar-refractivity contribution in [2.45, 2.75) is 19.9 Å². The van der Waals surface area contributed by atoms with Crippen LogP contribution in [0.1, 0.15) is 24.2 Å². The molecule has 0 aliphatic carbocycles. The van der Waals surface area contributed by atoms with Gasteiger partial charge in [0.1, 0.15) is 0 Å². The van der Waals surface area contributed by atoms with Gasteiger partial charge >= 0.3 is 0 Å². The van der Waals surface area contributed by atoms with E-state index in [0.29, 0.717) is 6.54 Å². The van der Waals surface area contributed by atoms with Gasteiger partial charge in [-0.2, -0.15) is 0 Å². The predicted molar refractivity (Wildman–Crippen MR) is 80.2 cm³/mol. The lowest BCUT2D eigenvalue weighted by Gasteiger charge is -2.32. The average molecular weight is 255 g/mol. The molecule has 1 aromatic carbocycles. The lowest BCUT2D eigenvalue weighted by molar-refractivity contribution is 0.625. The lowest BCUT2D eigenvalue weighted by Crippen LogP contribution is -2.34. The van der Waals surface area contributed by atoms with Gasteiger partial charge < -0.3 is 10.6 Å². The van der Waals surface area contributed by atoms with Crippen LogP contribution in [0.15, 0.2) is 48.7 Å². The Morgan fingerprint density at radius 3 is 2.47 bits per heavy atom. The third-order valence-electron chi connectivity index (χ3n) is 3.39. The second-order valence-corrected chi connectivity index (χ2v) is 4.58. The van der Waals surface area contributed by atoms with E-state index in [1.165, 1.54) is 11.3 Å². The van der Waals surface area contributed by atoms with E-state index in [1.54, 1.807) is 0 Å². The van der Waals surface area contributed by atoms with Crippen molar-refractivity contribution in [1.82, 2.24) is 4.98 Å². The summed E-state index contributed by atoms with van der Waals surface area (Å²) < 4.78 is 0. The molecular weight excluding hydrogens is 234 g/mol. The lowest BCUT2D eigenvalue weighted by atomic mass is 10.1. The second kappa shape index (κ2) is 6.34. The van der Waals surface area contributed by atoms with E-state index < -0.39 is 0 Å². The molecule has 2 N–H and O–H groups in total. The van der Waals surface area contributed by atoms with Crippen LogP contribution >= 0.6 is 0 Å². The van der Waals surface area contributed by atoms with E-state index in [1.807, 2.05) is 24.4 Å². The van der Waals surface area contributed by atoms with Gasteiger partial charge in [-0.15, -0.1) is 0 Å². The number of hydrogen-bond donors (Lipinski definition) is 1. The Kier molecular flexibility index (Phi) is 4.53. The number of rotatable bonds is 5. The van der Waals surface area contributed by atoms with Gasteiger partial charge in [0.2, 0.25) is 0 Å². The highest BCUT2D eigenvalue weighted by Gasteiger charge is 2.20. The van der Waals surface area contributed by atoms with Crippen molar-refractivity contribution in [3.05, 3.63) is 59.9 Å². The number of aryl methyl sites for hydroxylation is 1. The van der Waals surface area contributed by atoms with Gasteiger partial charge in [0.25, 0.3) is 0 Å². The van der Waals surface area contributed by atoms with Crippen LogP contribution < -0.4 is 10.6 Å². The first-order valence-corrected chi connectivity index (χ1v) is 6.71. The SMILES string of the molecule is CCN(c1ccccc1C)C(CN)c1ccccn1. The summed E-state index contributed by atoms with van der Waals surface area (Å²) in [7, 11) is 0. The van der Waals surface area contributed by atoms with Gasteiger partial charge in [-0.25, -0.2) is 0 Å². The van der Waals surface area contributed by atoms with Crippen molar-refractivity contribution >= 4 is 5.69 Å². The molecule has 0 saturated carbocycles. The van der Waals surface area contributed by atoms with E-state index in [2.05, 4.69) is 48.0 Å². The number of benzene rings is 1. The number of aromatic nitrogens is 1. The largest absolute Gasteiger partial charge is 0.362 e. The van der Waals surface area contributed by atoms with Gasteiger partial charge in [-0.3, -0.25) is 4.98 Å². The third kappa shape index (κ3) is 2.93. The Labute approximate surface area is 115 Å². The maximum absolute atomic E-state index is 5.99. The summed E-state index contributed by atoms with van der Waals surface area (Å²) in [6.45, 7) is 5.74. The standard InChI is InChI=1S/C16H21N3/c1-3-19(15-10-5-4-8-13(15)2)16(12-17)14-9-6-7-11-18-14/h4-11,16H,3,12,17H2,1-2H3. The molecule has 19 heavy (non-hydrogen) atoms. The minimum Gasteiger partial charge on any atom is -0.362 e. The van der Waals surface area contributed by atoms with Gasteiger partial charge in [-0.1, -0.05) is 24.3 Å². The quantitative estimate of drug-likeness (QED) is 0.893. The van der Waals surface area contributed by atoms with Crippen molar-refractivity contribution in [1.29, 1.82) is 0 Å². The van der Waals surface area contributed by atoms with Crippen molar-refractivity contribution in [2.24, 2.45) is 5.73 Å². The first-order chi connectivity index (χ1) is 9.27. The van der Waals surface area contributed by atoms with Crippen molar-refractivity contribution in [2.75, 3.05) is 18.0 Å². The fraction of sp³-hybridized carbons (Fsp3) is 0.312. The van der Waals surface area contributed by atoms with Crippen molar-refractivity contribution < 1.29 is 0 Å². The number of anilines is 1. The zero-order valence-corrected chi connectivity index (χ0v) is 11.6. The highest BCUT2D eigenvalue weighted by molar-refractivity contribution is 5.54. The summed E-state index contributed by atoms with van der Waals surface area (Å²) in [5.41, 5.74) is 9.50. The van der Waals surface area contributed by atoms with Crippen LogP contribution in [-0.4, -0.2) is 18.1 Å². The Balaban J connectivity index is 2.38. The van der Waals surface area contributed by atoms with Crippen LogP contribution in [0, 0.1) is 6.92 Å². The van der Waals surface area contributed by atoms with E-state index in [4.69, 9.17) is 5.73 Å². The normalized spacial score (nSPS) is 12.2. The molecule has 0 saturated heterocycles. The van der Waals surface area contributed by atoms with Gasteiger partial charge in [0.05, 0.1) is 11.7 Å². The Morgan fingerprint density at radius 2 is 1.89 bits per heavy atom. The smallest absolute Gasteiger partial charge is 0.0835 e. The first kappa shape index (κ1) is 13.6. The number of nitrogens with zero attached hydrogens (tertiary/aromatic N) is 2. The highest BCUT2D eigenvalue weighted by Crippen LogP contribution is 2.27. The van der Waals surface area contributed by atoms with Crippen LogP contribution in [0.5, 0.6) is 0 Å². The van der Waals surface area contributed by atoms with Gasteiger partial charge in [-0.05, 0) is 37.6 Å². The van der Waals surface area contributed by atoms with E-state index in [0.717, 1.165) is 12.2 Å². The van der Waals surface area contributed by atoms with Crippen LogP contribution in [0.25, 0.3) is 0 Å². The highest BCUT2D eigenvalue weighted by atomic mass is 15.2. The van der Waals surface area contributed by atoms with E-state index in [9.17, 15) is 0 Å². The van der Waals surface area contributed by atoms with E-state index >= 15 is 0 Å². The summed E-state index contributed by atoms with van der Waals surface area (Å²) in [6, 6.07) is 14.5. The zero-order valence-electron chi connectivity index (χ0n) is 11.6. The maximum atomic E-state index is 5.99. The molecule has 100 valence electrons. The monoisotopic (exact) mass is 255 g/mol. The van der Waals surface area contributed by atoms with Crippen LogP contribution in [-0.2, 0) is 0 Å². The fourth-order valence-electron chi connectivity index (χ4n) is 2.43. The van der Waals surface area contributed by atoms with Crippen molar-refractivity contribution in [3.63, 3.8) is 0 Å². The second-order valence-electron chi connectivity index (χ2n) is 4.58. The summed E-state index contributed by atoms with van der Waals surface area (Å²) in [5, 5.41) is 0. The molecule has 0 bridgehead atoms. The molecule has 3 nitrogen and oxygen atoms in total. The summed E-state index contributed by atoms with van der Waals surface area (Å²) >= 11 is 0. The number of para-hydroxylation sites is 1. The molecular formula is C16H21N3. The van der Waals surface area contributed by atoms with E-state index in [-0.39, 0.29) is 6.04 Å². The number of hydrogen-bond acceptors (Lipinski definition) is 3. The first-order valence-electron chi connectivity index (χ1n) is 6.71. The van der Waals surface area contributed by atoms with Crippen molar-refractivity contribution in [3.8, 4) is 0 Å². The molecule has 0 spiro atoms. The zero-order chi connectivity index (χ0) is 13.7. The Bertz CT molecular complexity index is 510. The summed E-state index contributed by atoms with van der Waals surface area (Å²) in [6.07, 6.45) is 1.82. The molecule has 0 aliphatic rings. The Hall–Kier alpha value is -1.87. The van der Waals surface area contributed by atoms with Gasteiger partial charge in [0, 0.05) is 25.0 Å². The summed E-state index contributed by atoms with van der Waals surface area (Å²) in [4.78, 5) is 6.77.